The molecule has 9 aromatic carbocycles. The van der Waals surface area contributed by atoms with Gasteiger partial charge in [-0.05, 0) is 81.4 Å². The summed E-state index contributed by atoms with van der Waals surface area (Å²) in [6.45, 7) is 7.26. The fourth-order valence-corrected chi connectivity index (χ4v) is 14.5. The molecular formula is C51H42Si2. The highest BCUT2D eigenvalue weighted by molar-refractivity contribution is 7.19. The quantitative estimate of drug-likeness (QED) is 0.0878. The molecule has 9 aromatic rings. The van der Waals surface area contributed by atoms with Crippen LogP contribution < -0.4 is 25.9 Å². The Labute approximate surface area is 315 Å². The fraction of sp³-hybridized carbons (Fsp3) is 0.0588. The van der Waals surface area contributed by atoms with Gasteiger partial charge in [0.1, 0.15) is 0 Å². The zero-order valence-corrected chi connectivity index (χ0v) is 32.6. The van der Waals surface area contributed by atoms with E-state index in [1.54, 1.807) is 0 Å². The summed E-state index contributed by atoms with van der Waals surface area (Å²) in [7, 11) is -4.02. The molecule has 2 heteroatoms. The van der Waals surface area contributed by atoms with E-state index >= 15 is 0 Å². The van der Waals surface area contributed by atoms with E-state index in [-0.39, 0.29) is 0 Å². The second kappa shape index (κ2) is 13.3. The summed E-state index contributed by atoms with van der Waals surface area (Å²) in [6.07, 6.45) is 0. The molecule has 0 N–H and O–H groups in total. The van der Waals surface area contributed by atoms with E-state index in [0.717, 1.165) is 0 Å². The molecule has 0 aromatic heterocycles. The van der Waals surface area contributed by atoms with Crippen LogP contribution in [0.25, 0.3) is 54.6 Å². The van der Waals surface area contributed by atoms with E-state index < -0.39 is 16.1 Å². The molecular weight excluding hydrogens is 669 g/mol. The monoisotopic (exact) mass is 710 g/mol. The standard InChI is InChI=1S/C51H42Si2/c1-52(2,3)45-34-31-38-35-40(28-27-39(38)36-45)51-48-25-15-13-23-46(48)50(47-24-14-16-26-49(47)51)37-29-32-44(33-30-37)53(41-17-7-4-8-18-41,42-19-9-5-10-20-42)43-21-11-6-12-22-43/h4-36H,1-3H3. The summed E-state index contributed by atoms with van der Waals surface area (Å²) >= 11 is 0. The Kier molecular flexibility index (Phi) is 8.30. The Morgan fingerprint density at radius 1 is 0.283 bits per heavy atom. The maximum atomic E-state index is 2.42. The Hall–Kier alpha value is -5.81. The van der Waals surface area contributed by atoms with Gasteiger partial charge < -0.3 is 0 Å². The Morgan fingerprint density at radius 3 is 1.08 bits per heavy atom. The van der Waals surface area contributed by atoms with Crippen molar-refractivity contribution in [3.05, 3.63) is 200 Å². The highest BCUT2D eigenvalue weighted by Gasteiger charge is 2.41. The Bertz CT molecular complexity index is 2570. The third kappa shape index (κ3) is 5.67. The van der Waals surface area contributed by atoms with Gasteiger partial charge in [0.2, 0.25) is 0 Å². The van der Waals surface area contributed by atoms with Gasteiger partial charge in [-0.2, -0.15) is 0 Å². The van der Waals surface area contributed by atoms with Gasteiger partial charge in [0.15, 0.2) is 8.07 Å². The first-order chi connectivity index (χ1) is 25.9. The average molecular weight is 711 g/mol. The van der Waals surface area contributed by atoms with Gasteiger partial charge in [-0.15, -0.1) is 0 Å². The lowest BCUT2D eigenvalue weighted by atomic mass is 9.85. The molecule has 0 saturated carbocycles. The molecule has 0 nitrogen and oxygen atoms in total. The van der Waals surface area contributed by atoms with Crippen LogP contribution in [-0.2, 0) is 0 Å². The summed E-state index contributed by atoms with van der Waals surface area (Å²) in [4.78, 5) is 0. The minimum atomic E-state index is -2.62. The van der Waals surface area contributed by atoms with Crippen LogP contribution in [0.15, 0.2) is 200 Å². The number of rotatable bonds is 7. The number of hydrogen-bond donors (Lipinski definition) is 0. The fourth-order valence-electron chi connectivity index (χ4n) is 8.57. The predicted octanol–water partition coefficient (Wildman–Crippen LogP) is 10.4. The van der Waals surface area contributed by atoms with Crippen LogP contribution in [0, 0.1) is 0 Å². The molecule has 0 bridgehead atoms. The molecule has 0 radical (unpaired) electrons. The van der Waals surface area contributed by atoms with E-state index in [1.807, 2.05) is 0 Å². The molecule has 0 atom stereocenters. The second-order valence-electron chi connectivity index (χ2n) is 15.3. The van der Waals surface area contributed by atoms with Gasteiger partial charge in [0, 0.05) is 0 Å². The molecule has 53 heavy (non-hydrogen) atoms. The van der Waals surface area contributed by atoms with Crippen molar-refractivity contribution < 1.29 is 0 Å². The van der Waals surface area contributed by atoms with Crippen LogP contribution in [-0.4, -0.2) is 16.1 Å². The van der Waals surface area contributed by atoms with Crippen LogP contribution in [0.5, 0.6) is 0 Å². The molecule has 9 rings (SSSR count). The van der Waals surface area contributed by atoms with Crippen molar-refractivity contribution in [3.63, 3.8) is 0 Å². The molecule has 0 aliphatic carbocycles. The third-order valence-corrected chi connectivity index (χ3v) is 18.0. The van der Waals surface area contributed by atoms with Crippen molar-refractivity contribution in [1.82, 2.24) is 0 Å². The minimum absolute atomic E-state index is 1.24. The van der Waals surface area contributed by atoms with Crippen LogP contribution in [0.4, 0.5) is 0 Å². The first-order valence-electron chi connectivity index (χ1n) is 18.7. The van der Waals surface area contributed by atoms with Crippen LogP contribution >= 0.6 is 0 Å². The van der Waals surface area contributed by atoms with Gasteiger partial charge in [0.25, 0.3) is 0 Å². The zero-order chi connectivity index (χ0) is 36.0. The minimum Gasteiger partial charge on any atom is -0.0656 e. The van der Waals surface area contributed by atoms with Gasteiger partial charge in [-0.1, -0.05) is 219 Å². The zero-order valence-electron chi connectivity index (χ0n) is 30.6. The molecule has 0 spiro atoms. The maximum absolute atomic E-state index is 2.62. The molecule has 0 heterocycles. The molecule has 0 aliphatic rings. The summed E-state index contributed by atoms with van der Waals surface area (Å²) in [5.74, 6) is 0. The first kappa shape index (κ1) is 33.1. The number of fused-ring (bicyclic) bond motifs is 3. The normalized spacial score (nSPS) is 12.1. The topological polar surface area (TPSA) is 0 Å². The van der Waals surface area contributed by atoms with E-state index in [2.05, 4.69) is 220 Å². The second-order valence-corrected chi connectivity index (χ2v) is 24.2. The first-order valence-corrected chi connectivity index (χ1v) is 24.2. The van der Waals surface area contributed by atoms with Crippen molar-refractivity contribution in [1.29, 1.82) is 0 Å². The van der Waals surface area contributed by atoms with E-state index in [9.17, 15) is 0 Å². The molecule has 254 valence electrons. The van der Waals surface area contributed by atoms with Crippen LogP contribution in [0.1, 0.15) is 0 Å². The third-order valence-electron chi connectivity index (χ3n) is 11.2. The lowest BCUT2D eigenvalue weighted by molar-refractivity contribution is 1.65. The smallest absolute Gasteiger partial charge is 0.0656 e. The summed E-state index contributed by atoms with van der Waals surface area (Å²) in [5, 5.41) is 14.8. The van der Waals surface area contributed by atoms with E-state index in [0.29, 0.717) is 0 Å². The lowest BCUT2D eigenvalue weighted by Crippen LogP contribution is -2.74. The summed E-state index contributed by atoms with van der Waals surface area (Å²) in [5.41, 5.74) is 5.09. The van der Waals surface area contributed by atoms with Gasteiger partial charge in [0.05, 0.1) is 8.07 Å². The predicted molar refractivity (Wildman–Crippen MR) is 236 cm³/mol. The van der Waals surface area contributed by atoms with Crippen molar-refractivity contribution in [3.8, 4) is 22.3 Å². The highest BCUT2D eigenvalue weighted by Crippen LogP contribution is 2.44. The Balaban J connectivity index is 1.25. The van der Waals surface area contributed by atoms with Gasteiger partial charge >= 0.3 is 0 Å². The number of hydrogen-bond acceptors (Lipinski definition) is 0. The van der Waals surface area contributed by atoms with Crippen molar-refractivity contribution in [2.75, 3.05) is 0 Å². The number of benzene rings is 9. The molecule has 0 saturated heterocycles. The molecule has 0 unspecified atom stereocenters. The summed E-state index contributed by atoms with van der Waals surface area (Å²) < 4.78 is 0. The largest absolute Gasteiger partial charge is 0.179 e. The van der Waals surface area contributed by atoms with Crippen molar-refractivity contribution >= 4 is 74.4 Å². The molecule has 0 fully saturated rings. The lowest BCUT2D eigenvalue weighted by Gasteiger charge is -2.34. The highest BCUT2D eigenvalue weighted by atomic mass is 28.3. The maximum Gasteiger partial charge on any atom is 0.179 e. The SMILES string of the molecule is C[Si](C)(C)c1ccc2cc(-c3c4ccccc4c(-c4ccc([Si](c5ccccc5)(c5ccccc5)c5ccccc5)cc4)c4ccccc34)ccc2c1. The van der Waals surface area contributed by atoms with Crippen molar-refractivity contribution in [2.24, 2.45) is 0 Å². The van der Waals surface area contributed by atoms with Gasteiger partial charge in [-0.25, -0.2) is 0 Å². The van der Waals surface area contributed by atoms with Gasteiger partial charge in [-0.3, -0.25) is 0 Å². The van der Waals surface area contributed by atoms with Crippen LogP contribution in [0.3, 0.4) is 0 Å². The van der Waals surface area contributed by atoms with Crippen molar-refractivity contribution in [2.45, 2.75) is 19.6 Å². The van der Waals surface area contributed by atoms with Crippen LogP contribution in [0.2, 0.25) is 19.6 Å². The molecule has 0 aliphatic heterocycles. The summed E-state index contributed by atoms with van der Waals surface area (Å²) in [6, 6.07) is 75.3. The van der Waals surface area contributed by atoms with E-state index in [1.165, 1.54) is 80.5 Å². The Morgan fingerprint density at radius 2 is 0.623 bits per heavy atom. The van der Waals surface area contributed by atoms with E-state index in [4.69, 9.17) is 0 Å². The molecule has 0 amide bonds. The average Bonchev–Trinajstić information content (AvgIpc) is 3.21.